The number of aryl methyl sites for hydroxylation is 1. The smallest absolute Gasteiger partial charge is 0.0926 e. The van der Waals surface area contributed by atoms with Crippen molar-refractivity contribution in [3.05, 3.63) is 30.0 Å². The number of benzene rings is 1. The van der Waals surface area contributed by atoms with Gasteiger partial charge >= 0.3 is 0 Å². The van der Waals surface area contributed by atoms with Crippen LogP contribution in [0.4, 0.5) is 0 Å². The Kier molecular flexibility index (Phi) is 1.83. The Balaban J connectivity index is 2.10. The van der Waals surface area contributed by atoms with Gasteiger partial charge in [-0.2, -0.15) is 5.10 Å². The van der Waals surface area contributed by atoms with Gasteiger partial charge in [0.1, 0.15) is 0 Å². The Morgan fingerprint density at radius 1 is 1.53 bits per heavy atom. The summed E-state index contributed by atoms with van der Waals surface area (Å²) in [6.45, 7) is 0.307. The first-order valence-electron chi connectivity index (χ1n) is 5.32. The lowest BCUT2D eigenvalue weighted by atomic mass is 10.1. The molecule has 2 aromatic rings. The Morgan fingerprint density at radius 3 is 3.13 bits per heavy atom. The fourth-order valence-electron chi connectivity index (χ4n) is 2.34. The number of hydrogen-bond donors (Lipinski definition) is 1. The van der Waals surface area contributed by atoms with Crippen molar-refractivity contribution >= 4 is 10.9 Å². The highest BCUT2D eigenvalue weighted by Crippen LogP contribution is 2.48. The lowest BCUT2D eigenvalue weighted by Crippen LogP contribution is -1.89. The van der Waals surface area contributed by atoms with Crippen molar-refractivity contribution < 1.29 is 5.11 Å². The fraction of sp³-hybridized carbons (Fsp3) is 0.417. The van der Waals surface area contributed by atoms with Crippen LogP contribution < -0.4 is 0 Å². The molecule has 78 valence electrons. The second-order valence-corrected chi connectivity index (χ2v) is 4.37. The minimum absolute atomic E-state index is 0.307. The van der Waals surface area contributed by atoms with E-state index in [9.17, 15) is 0 Å². The van der Waals surface area contributed by atoms with Crippen LogP contribution in [0.2, 0.25) is 0 Å². The number of aromatic nitrogens is 2. The van der Waals surface area contributed by atoms with Crippen LogP contribution in [-0.4, -0.2) is 21.5 Å². The third kappa shape index (κ3) is 1.35. The van der Waals surface area contributed by atoms with Gasteiger partial charge in [0.2, 0.25) is 0 Å². The van der Waals surface area contributed by atoms with Crippen molar-refractivity contribution in [1.82, 2.24) is 9.78 Å². The summed E-state index contributed by atoms with van der Waals surface area (Å²) >= 11 is 0. The summed E-state index contributed by atoms with van der Waals surface area (Å²) in [5, 5.41) is 14.7. The van der Waals surface area contributed by atoms with Crippen molar-refractivity contribution in [2.45, 2.75) is 12.3 Å². The van der Waals surface area contributed by atoms with Crippen LogP contribution in [-0.2, 0) is 7.05 Å². The summed E-state index contributed by atoms with van der Waals surface area (Å²) in [7, 11) is 1.94. The summed E-state index contributed by atoms with van der Waals surface area (Å²) in [6.07, 6.45) is 3.18. The molecule has 1 aliphatic rings. The zero-order chi connectivity index (χ0) is 10.4. The van der Waals surface area contributed by atoms with E-state index in [1.807, 2.05) is 17.8 Å². The summed E-state index contributed by atoms with van der Waals surface area (Å²) in [5.74, 6) is 1.01. The molecule has 1 heterocycles. The van der Waals surface area contributed by atoms with E-state index in [2.05, 4.69) is 23.4 Å². The van der Waals surface area contributed by atoms with Gasteiger partial charge < -0.3 is 5.11 Å². The zero-order valence-electron chi connectivity index (χ0n) is 8.72. The Labute approximate surface area is 88.3 Å². The predicted octanol–water partition coefficient (Wildman–Crippen LogP) is 1.67. The van der Waals surface area contributed by atoms with Gasteiger partial charge in [-0.25, -0.2) is 0 Å². The molecule has 0 saturated heterocycles. The Morgan fingerprint density at radius 2 is 2.40 bits per heavy atom. The van der Waals surface area contributed by atoms with Gasteiger partial charge in [0.05, 0.1) is 5.52 Å². The molecule has 1 N–H and O–H groups in total. The van der Waals surface area contributed by atoms with Crippen LogP contribution in [0.25, 0.3) is 10.9 Å². The van der Waals surface area contributed by atoms with Crippen molar-refractivity contribution in [3.8, 4) is 0 Å². The number of hydrogen-bond acceptors (Lipinski definition) is 2. The van der Waals surface area contributed by atoms with Gasteiger partial charge in [0.15, 0.2) is 0 Å². The zero-order valence-corrected chi connectivity index (χ0v) is 8.72. The van der Waals surface area contributed by atoms with Crippen molar-refractivity contribution in [1.29, 1.82) is 0 Å². The highest BCUT2D eigenvalue weighted by atomic mass is 16.3. The fourth-order valence-corrected chi connectivity index (χ4v) is 2.34. The third-order valence-electron chi connectivity index (χ3n) is 3.25. The Hall–Kier alpha value is -1.35. The number of aliphatic hydroxyl groups is 1. The lowest BCUT2D eigenvalue weighted by Gasteiger charge is -1.99. The maximum Gasteiger partial charge on any atom is 0.0926 e. The first-order valence-corrected chi connectivity index (χ1v) is 5.32. The normalized spacial score (nSPS) is 24.7. The molecule has 1 fully saturated rings. The molecule has 2 unspecified atom stereocenters. The summed E-state index contributed by atoms with van der Waals surface area (Å²) in [5.41, 5.74) is 2.40. The predicted molar refractivity (Wildman–Crippen MR) is 58.6 cm³/mol. The van der Waals surface area contributed by atoms with E-state index < -0.39 is 0 Å². The van der Waals surface area contributed by atoms with E-state index >= 15 is 0 Å². The molecule has 0 amide bonds. The molecule has 1 aliphatic carbocycles. The lowest BCUT2D eigenvalue weighted by molar-refractivity contribution is 0.274. The molecule has 2 atom stereocenters. The molecule has 3 heteroatoms. The van der Waals surface area contributed by atoms with Crippen LogP contribution in [0.3, 0.4) is 0 Å². The van der Waals surface area contributed by atoms with Crippen LogP contribution in [0, 0.1) is 5.92 Å². The van der Waals surface area contributed by atoms with E-state index in [1.165, 1.54) is 10.9 Å². The molecular formula is C12H14N2O. The number of aliphatic hydroxyl groups excluding tert-OH is 1. The maximum atomic E-state index is 9.09. The van der Waals surface area contributed by atoms with E-state index in [-0.39, 0.29) is 0 Å². The SMILES string of the molecule is Cn1cc2c(C3CC3CO)cccc2n1. The number of nitrogens with zero attached hydrogens (tertiary/aromatic N) is 2. The largest absolute Gasteiger partial charge is 0.396 e. The Bertz CT molecular complexity index is 503. The molecule has 0 spiro atoms. The quantitative estimate of drug-likeness (QED) is 0.804. The van der Waals surface area contributed by atoms with Gasteiger partial charge in [-0.1, -0.05) is 12.1 Å². The summed E-state index contributed by atoms with van der Waals surface area (Å²) < 4.78 is 1.85. The maximum absolute atomic E-state index is 9.09. The van der Waals surface area contributed by atoms with Gasteiger partial charge in [-0.15, -0.1) is 0 Å². The molecule has 15 heavy (non-hydrogen) atoms. The van der Waals surface area contributed by atoms with Crippen molar-refractivity contribution in [2.75, 3.05) is 6.61 Å². The molecule has 3 rings (SSSR count). The van der Waals surface area contributed by atoms with Crippen molar-refractivity contribution in [2.24, 2.45) is 13.0 Å². The average Bonchev–Trinajstić information content (AvgIpc) is 2.91. The summed E-state index contributed by atoms with van der Waals surface area (Å²) in [4.78, 5) is 0. The minimum Gasteiger partial charge on any atom is -0.396 e. The first kappa shape index (κ1) is 8.92. The minimum atomic E-state index is 0.307. The molecule has 3 nitrogen and oxygen atoms in total. The molecular weight excluding hydrogens is 188 g/mol. The first-order chi connectivity index (χ1) is 7.29. The summed E-state index contributed by atoms with van der Waals surface area (Å²) in [6, 6.07) is 6.25. The third-order valence-corrected chi connectivity index (χ3v) is 3.25. The van der Waals surface area contributed by atoms with E-state index in [0.717, 1.165) is 11.9 Å². The van der Waals surface area contributed by atoms with Crippen molar-refractivity contribution in [3.63, 3.8) is 0 Å². The standard InChI is InChI=1S/C12H14N2O/c1-14-6-11-9(10-5-8(10)7-15)3-2-4-12(11)13-14/h2-4,6,8,10,15H,5,7H2,1H3. The van der Waals surface area contributed by atoms with E-state index in [0.29, 0.717) is 18.4 Å². The number of fused-ring (bicyclic) bond motifs is 1. The average molecular weight is 202 g/mol. The van der Waals surface area contributed by atoms with Gasteiger partial charge in [0.25, 0.3) is 0 Å². The molecule has 0 aliphatic heterocycles. The van der Waals surface area contributed by atoms with E-state index in [1.54, 1.807) is 0 Å². The molecule has 1 aromatic carbocycles. The topological polar surface area (TPSA) is 38.0 Å². The van der Waals surface area contributed by atoms with Crippen LogP contribution in [0.5, 0.6) is 0 Å². The van der Waals surface area contributed by atoms with Gasteiger partial charge in [0, 0.05) is 25.2 Å². The van der Waals surface area contributed by atoms with E-state index in [4.69, 9.17) is 5.11 Å². The van der Waals surface area contributed by atoms with Crippen LogP contribution in [0.1, 0.15) is 17.9 Å². The van der Waals surface area contributed by atoms with Gasteiger partial charge in [-0.05, 0) is 29.9 Å². The molecule has 1 saturated carbocycles. The second-order valence-electron chi connectivity index (χ2n) is 4.37. The number of rotatable bonds is 2. The second kappa shape index (κ2) is 3.07. The monoisotopic (exact) mass is 202 g/mol. The molecule has 0 radical (unpaired) electrons. The molecule has 1 aromatic heterocycles. The van der Waals surface area contributed by atoms with Gasteiger partial charge in [-0.3, -0.25) is 4.68 Å². The molecule has 0 bridgehead atoms. The van der Waals surface area contributed by atoms with Crippen LogP contribution in [0.15, 0.2) is 24.4 Å². The van der Waals surface area contributed by atoms with Crippen LogP contribution >= 0.6 is 0 Å². The highest BCUT2D eigenvalue weighted by molar-refractivity contribution is 5.82. The highest BCUT2D eigenvalue weighted by Gasteiger charge is 2.38.